The molecule has 1 atom stereocenters. The van der Waals surface area contributed by atoms with E-state index in [4.69, 9.17) is 4.42 Å². The van der Waals surface area contributed by atoms with E-state index in [1.54, 1.807) is 12.3 Å². The summed E-state index contributed by atoms with van der Waals surface area (Å²) in [4.78, 5) is 27.4. The van der Waals surface area contributed by atoms with E-state index in [2.05, 4.69) is 12.0 Å². The first kappa shape index (κ1) is 15.9. The van der Waals surface area contributed by atoms with Crippen molar-refractivity contribution in [2.75, 3.05) is 6.54 Å². The largest absolute Gasteiger partial charge is 0.463 e. The number of nitrogens with zero attached hydrogens (tertiary/aromatic N) is 4. The van der Waals surface area contributed by atoms with E-state index in [0.29, 0.717) is 17.5 Å². The van der Waals surface area contributed by atoms with E-state index in [0.717, 1.165) is 37.1 Å². The summed E-state index contributed by atoms with van der Waals surface area (Å²) in [5.74, 6) is 0.703. The first-order chi connectivity index (χ1) is 12.1. The molecule has 1 saturated heterocycles. The van der Waals surface area contributed by atoms with Gasteiger partial charge in [0.15, 0.2) is 5.58 Å². The highest BCUT2D eigenvalue weighted by atomic mass is 16.3. The quantitative estimate of drug-likeness (QED) is 0.731. The smallest absolute Gasteiger partial charge is 0.291 e. The summed E-state index contributed by atoms with van der Waals surface area (Å²) in [7, 11) is 0. The van der Waals surface area contributed by atoms with Crippen molar-refractivity contribution in [2.24, 2.45) is 0 Å². The second-order valence-electron chi connectivity index (χ2n) is 6.70. The lowest BCUT2D eigenvalue weighted by Gasteiger charge is -2.33. The van der Waals surface area contributed by atoms with Gasteiger partial charge in [0, 0.05) is 31.1 Å². The molecule has 1 fully saturated rings. The number of hydrogen-bond acceptors (Lipinski definition) is 4. The SMILES string of the molecule is CCc1nn(CC(=O)N2CCCC[C@H]2C)c(=O)c2cc3occc3n12. The minimum Gasteiger partial charge on any atom is -0.463 e. The average molecular weight is 342 g/mol. The summed E-state index contributed by atoms with van der Waals surface area (Å²) >= 11 is 0. The third kappa shape index (κ3) is 2.54. The van der Waals surface area contributed by atoms with Crippen LogP contribution in [0.5, 0.6) is 0 Å². The van der Waals surface area contributed by atoms with Gasteiger partial charge < -0.3 is 9.32 Å². The summed E-state index contributed by atoms with van der Waals surface area (Å²) in [6.45, 7) is 4.79. The minimum atomic E-state index is -0.262. The highest BCUT2D eigenvalue weighted by Crippen LogP contribution is 2.21. The van der Waals surface area contributed by atoms with E-state index in [9.17, 15) is 9.59 Å². The maximum atomic E-state index is 12.8. The van der Waals surface area contributed by atoms with Crippen molar-refractivity contribution < 1.29 is 9.21 Å². The number of carbonyl (C=O) groups excluding carboxylic acids is 1. The maximum absolute atomic E-state index is 12.8. The first-order valence-electron chi connectivity index (χ1n) is 8.88. The molecule has 25 heavy (non-hydrogen) atoms. The Bertz CT molecular complexity index is 997. The molecule has 0 saturated carbocycles. The topological polar surface area (TPSA) is 72.8 Å². The van der Waals surface area contributed by atoms with Crippen molar-refractivity contribution >= 4 is 22.5 Å². The number of fused-ring (bicyclic) bond motifs is 3. The summed E-state index contributed by atoms with van der Waals surface area (Å²) in [5.41, 5.74) is 1.73. The Morgan fingerprint density at radius 3 is 2.96 bits per heavy atom. The molecular weight excluding hydrogens is 320 g/mol. The zero-order valence-electron chi connectivity index (χ0n) is 14.6. The first-order valence-corrected chi connectivity index (χ1v) is 8.88. The van der Waals surface area contributed by atoms with Gasteiger partial charge in [0.2, 0.25) is 5.91 Å². The molecule has 3 aromatic rings. The Balaban J connectivity index is 1.76. The Labute approximate surface area is 144 Å². The molecule has 0 spiro atoms. The Morgan fingerprint density at radius 2 is 2.20 bits per heavy atom. The molecule has 132 valence electrons. The van der Waals surface area contributed by atoms with Crippen LogP contribution in [0, 0.1) is 0 Å². The molecule has 0 radical (unpaired) electrons. The van der Waals surface area contributed by atoms with Crippen molar-refractivity contribution in [3.8, 4) is 0 Å². The van der Waals surface area contributed by atoms with Crippen LogP contribution < -0.4 is 5.56 Å². The van der Waals surface area contributed by atoms with Crippen LogP contribution in [0.3, 0.4) is 0 Å². The lowest BCUT2D eigenvalue weighted by atomic mass is 10.0. The van der Waals surface area contributed by atoms with Crippen LogP contribution in [0.1, 0.15) is 38.9 Å². The lowest BCUT2D eigenvalue weighted by Crippen LogP contribution is -2.45. The summed E-state index contributed by atoms with van der Waals surface area (Å²) in [6.07, 6.45) is 5.44. The fourth-order valence-electron chi connectivity index (χ4n) is 3.75. The highest BCUT2D eigenvalue weighted by molar-refractivity contribution is 5.82. The fourth-order valence-corrected chi connectivity index (χ4v) is 3.75. The van der Waals surface area contributed by atoms with Crippen LogP contribution in [-0.2, 0) is 17.8 Å². The summed E-state index contributed by atoms with van der Waals surface area (Å²) < 4.78 is 8.54. The zero-order chi connectivity index (χ0) is 17.6. The molecule has 0 unspecified atom stereocenters. The molecule has 7 nitrogen and oxygen atoms in total. The van der Waals surface area contributed by atoms with E-state index in [-0.39, 0.29) is 24.1 Å². The average Bonchev–Trinajstić information content (AvgIpc) is 3.19. The number of aryl methyl sites for hydroxylation is 1. The highest BCUT2D eigenvalue weighted by Gasteiger charge is 2.24. The second-order valence-corrected chi connectivity index (χ2v) is 6.70. The van der Waals surface area contributed by atoms with Crippen LogP contribution in [0.15, 0.2) is 27.6 Å². The van der Waals surface area contributed by atoms with Crippen molar-refractivity contribution in [3.63, 3.8) is 0 Å². The molecular formula is C18H22N4O3. The number of rotatable bonds is 3. The molecule has 0 aliphatic carbocycles. The van der Waals surface area contributed by atoms with Crippen LogP contribution in [0.2, 0.25) is 0 Å². The Hall–Kier alpha value is -2.57. The molecule has 3 aromatic heterocycles. The van der Waals surface area contributed by atoms with Gasteiger partial charge in [-0.05, 0) is 26.2 Å². The molecule has 4 rings (SSSR count). The molecule has 1 amide bonds. The zero-order valence-corrected chi connectivity index (χ0v) is 14.6. The predicted octanol–water partition coefficient (Wildman–Crippen LogP) is 2.21. The summed E-state index contributed by atoms with van der Waals surface area (Å²) in [6, 6.07) is 3.78. The molecule has 4 heterocycles. The van der Waals surface area contributed by atoms with Gasteiger partial charge in [-0.3, -0.25) is 14.0 Å². The number of aromatic nitrogens is 3. The number of hydrogen-bond donors (Lipinski definition) is 0. The van der Waals surface area contributed by atoms with Crippen molar-refractivity contribution in [2.45, 2.75) is 52.1 Å². The maximum Gasteiger partial charge on any atom is 0.291 e. The van der Waals surface area contributed by atoms with Crippen LogP contribution in [-0.4, -0.2) is 37.6 Å². The van der Waals surface area contributed by atoms with E-state index in [1.807, 2.05) is 22.3 Å². The number of piperidine rings is 1. The number of furan rings is 1. The van der Waals surface area contributed by atoms with E-state index >= 15 is 0 Å². The van der Waals surface area contributed by atoms with Crippen molar-refractivity contribution in [3.05, 3.63) is 34.6 Å². The minimum absolute atomic E-state index is 0.0147. The summed E-state index contributed by atoms with van der Waals surface area (Å²) in [5, 5.41) is 4.46. The third-order valence-electron chi connectivity index (χ3n) is 5.10. The Morgan fingerprint density at radius 1 is 1.36 bits per heavy atom. The second kappa shape index (κ2) is 6.06. The molecule has 0 N–H and O–H groups in total. The van der Waals surface area contributed by atoms with Gasteiger partial charge in [0.25, 0.3) is 5.56 Å². The van der Waals surface area contributed by atoms with Crippen LogP contribution in [0.4, 0.5) is 0 Å². The molecule has 7 heteroatoms. The van der Waals surface area contributed by atoms with Gasteiger partial charge >= 0.3 is 0 Å². The number of carbonyl (C=O) groups is 1. The van der Waals surface area contributed by atoms with Crippen LogP contribution in [0.25, 0.3) is 16.6 Å². The number of amides is 1. The predicted molar refractivity (Wildman–Crippen MR) is 93.6 cm³/mol. The van der Waals surface area contributed by atoms with Gasteiger partial charge in [0.1, 0.15) is 17.9 Å². The lowest BCUT2D eigenvalue weighted by molar-refractivity contribution is -0.135. The standard InChI is InChI=1S/C18H22N4O3/c1-3-16-19-21(11-17(23)20-8-5-4-6-12(20)2)18(24)14-10-15-13(22(14)16)7-9-25-15/h7,9-10,12H,3-6,8,11H2,1-2H3/t12-/m1/s1. The van der Waals surface area contributed by atoms with Gasteiger partial charge in [-0.15, -0.1) is 0 Å². The normalized spacial score (nSPS) is 18.3. The van der Waals surface area contributed by atoms with Crippen molar-refractivity contribution in [1.29, 1.82) is 0 Å². The van der Waals surface area contributed by atoms with Gasteiger partial charge in [-0.2, -0.15) is 5.10 Å². The van der Waals surface area contributed by atoms with Gasteiger partial charge in [-0.25, -0.2) is 4.68 Å². The van der Waals surface area contributed by atoms with Crippen LogP contribution >= 0.6 is 0 Å². The molecule has 1 aliphatic rings. The molecule has 0 aromatic carbocycles. The van der Waals surface area contributed by atoms with Gasteiger partial charge in [0.05, 0.1) is 11.8 Å². The Kier molecular flexibility index (Phi) is 3.86. The molecule has 1 aliphatic heterocycles. The van der Waals surface area contributed by atoms with Gasteiger partial charge in [-0.1, -0.05) is 6.92 Å². The fraction of sp³-hybridized carbons (Fsp3) is 0.500. The molecule has 0 bridgehead atoms. The van der Waals surface area contributed by atoms with Crippen molar-refractivity contribution in [1.82, 2.24) is 19.1 Å². The van der Waals surface area contributed by atoms with E-state index in [1.165, 1.54) is 4.68 Å². The monoisotopic (exact) mass is 342 g/mol. The number of likely N-dealkylation sites (tertiary alicyclic amines) is 1. The third-order valence-corrected chi connectivity index (χ3v) is 5.10. The van der Waals surface area contributed by atoms with E-state index < -0.39 is 0 Å².